The molecule has 5 heteroatoms. The summed E-state index contributed by atoms with van der Waals surface area (Å²) in [5.41, 5.74) is 8.63. The Morgan fingerprint density at radius 2 is 1.19 bits per heavy atom. The van der Waals surface area contributed by atoms with Crippen LogP contribution in [0.3, 0.4) is 0 Å². The zero-order valence-electron chi connectivity index (χ0n) is 24.2. The molecule has 0 bridgehead atoms. The van der Waals surface area contributed by atoms with E-state index in [1.807, 2.05) is 0 Å². The monoisotopic (exact) mass is 568 g/mol. The van der Waals surface area contributed by atoms with Crippen LogP contribution in [-0.2, 0) is 0 Å². The summed E-state index contributed by atoms with van der Waals surface area (Å²) in [6.45, 7) is 4.97. The van der Waals surface area contributed by atoms with Crippen LogP contribution in [0, 0.1) is 0 Å². The van der Waals surface area contributed by atoms with Crippen LogP contribution in [0.15, 0.2) is 140 Å². The first-order valence-electron chi connectivity index (χ1n) is 15.0. The van der Waals surface area contributed by atoms with E-state index in [0.717, 1.165) is 11.5 Å². The van der Waals surface area contributed by atoms with Crippen molar-refractivity contribution in [1.82, 2.24) is 4.57 Å². The highest BCUT2D eigenvalue weighted by Gasteiger charge is 2.46. The van der Waals surface area contributed by atoms with Crippen molar-refractivity contribution < 1.29 is 4.74 Å². The number of ether oxygens (including phenoxy) is 1. The number of rotatable bonds is 2. The molecule has 6 aromatic carbocycles. The molecule has 0 spiro atoms. The SMILES string of the molecule is C[Si]1(C)c2ccccc2N(B2c3ccccc3Oc3ccccc32)c2c1ccc1c2c2ccccc2n1-c1ccccc1. The van der Waals surface area contributed by atoms with Gasteiger partial charge in [-0.2, -0.15) is 0 Å². The number of nitrogens with zero attached hydrogens (tertiary/aromatic N) is 2. The molecular formula is C38H29BN2OSi. The lowest BCUT2D eigenvalue weighted by molar-refractivity contribution is 0.487. The fourth-order valence-corrected chi connectivity index (χ4v) is 10.5. The lowest BCUT2D eigenvalue weighted by atomic mass is 9.47. The maximum absolute atomic E-state index is 6.51. The summed E-state index contributed by atoms with van der Waals surface area (Å²) in [7, 11) is -2.08. The second kappa shape index (κ2) is 9.00. The Morgan fingerprint density at radius 3 is 1.95 bits per heavy atom. The number of aromatic nitrogens is 1. The molecule has 0 atom stereocenters. The standard InChI is InChI=1S/C38H29BN2OSi/c1-43(2)35-23-13-10-20-31(35)41(39-28-17-7-11-21-33(28)42-34-22-12-8-18-29(34)39)38-36(43)25-24-32-37(38)27-16-6-9-19-30(27)40(32)26-14-4-3-5-15-26/h3-25H,1-2H3. The highest BCUT2D eigenvalue weighted by Crippen LogP contribution is 2.43. The van der Waals surface area contributed by atoms with Crippen LogP contribution in [0.1, 0.15) is 0 Å². The van der Waals surface area contributed by atoms with E-state index in [-0.39, 0.29) is 6.85 Å². The Bertz CT molecular complexity index is 2180. The first-order valence-corrected chi connectivity index (χ1v) is 18.0. The molecule has 3 heterocycles. The second-order valence-corrected chi connectivity index (χ2v) is 16.5. The highest BCUT2D eigenvalue weighted by atomic mass is 28.3. The molecule has 0 saturated carbocycles. The number of benzene rings is 6. The molecule has 0 fully saturated rings. The third-order valence-electron chi connectivity index (χ3n) is 9.48. The van der Waals surface area contributed by atoms with Gasteiger partial charge >= 0.3 is 6.85 Å². The molecule has 0 aliphatic carbocycles. The lowest BCUT2D eigenvalue weighted by Gasteiger charge is -2.45. The third-order valence-corrected chi connectivity index (χ3v) is 13.0. The predicted molar refractivity (Wildman–Crippen MR) is 184 cm³/mol. The number of hydrogen-bond acceptors (Lipinski definition) is 2. The van der Waals surface area contributed by atoms with Crippen molar-refractivity contribution in [3.8, 4) is 17.2 Å². The molecule has 2 aliphatic rings. The minimum Gasteiger partial charge on any atom is -0.458 e. The van der Waals surface area contributed by atoms with Crippen molar-refractivity contribution in [2.75, 3.05) is 4.81 Å². The van der Waals surface area contributed by atoms with Gasteiger partial charge in [-0.05, 0) is 63.8 Å². The Morgan fingerprint density at radius 1 is 0.558 bits per heavy atom. The minimum absolute atomic E-state index is 0.0458. The van der Waals surface area contributed by atoms with Crippen LogP contribution in [0.2, 0.25) is 13.1 Å². The van der Waals surface area contributed by atoms with Gasteiger partial charge < -0.3 is 14.1 Å². The molecule has 7 aromatic rings. The largest absolute Gasteiger partial charge is 0.458 e. The molecule has 0 N–H and O–H groups in total. The smallest absolute Gasteiger partial charge is 0.335 e. The average Bonchev–Trinajstić information content (AvgIpc) is 3.39. The summed E-state index contributed by atoms with van der Waals surface area (Å²) in [6.07, 6.45) is 0. The maximum atomic E-state index is 6.51. The van der Waals surface area contributed by atoms with E-state index in [1.54, 1.807) is 0 Å². The van der Waals surface area contributed by atoms with E-state index in [4.69, 9.17) is 4.74 Å². The van der Waals surface area contributed by atoms with Crippen molar-refractivity contribution in [1.29, 1.82) is 0 Å². The van der Waals surface area contributed by atoms with Crippen LogP contribution in [0.5, 0.6) is 11.5 Å². The van der Waals surface area contributed by atoms with E-state index in [1.165, 1.54) is 60.2 Å². The van der Waals surface area contributed by atoms with Gasteiger partial charge in [-0.3, -0.25) is 0 Å². The Hall–Kier alpha value is -5.00. The topological polar surface area (TPSA) is 17.4 Å². The van der Waals surface area contributed by atoms with Crippen LogP contribution in [0.4, 0.5) is 11.4 Å². The molecule has 9 rings (SSSR count). The molecular weight excluding hydrogens is 539 g/mol. The second-order valence-electron chi connectivity index (χ2n) is 12.1. The van der Waals surface area contributed by atoms with Gasteiger partial charge in [-0.1, -0.05) is 110 Å². The van der Waals surface area contributed by atoms with E-state index >= 15 is 0 Å². The predicted octanol–water partition coefficient (Wildman–Crippen LogP) is 6.97. The van der Waals surface area contributed by atoms with Gasteiger partial charge in [0.2, 0.25) is 0 Å². The maximum Gasteiger partial charge on any atom is 0.335 e. The molecule has 3 nitrogen and oxygen atoms in total. The van der Waals surface area contributed by atoms with E-state index in [0.29, 0.717) is 0 Å². The van der Waals surface area contributed by atoms with Gasteiger partial charge in [0.05, 0.1) is 11.0 Å². The van der Waals surface area contributed by atoms with Crippen LogP contribution < -0.4 is 30.8 Å². The molecule has 0 saturated heterocycles. The normalized spacial score (nSPS) is 14.6. The van der Waals surface area contributed by atoms with Crippen molar-refractivity contribution in [2.45, 2.75) is 13.1 Å². The van der Waals surface area contributed by atoms with Crippen LogP contribution in [0.25, 0.3) is 27.5 Å². The van der Waals surface area contributed by atoms with Gasteiger partial charge in [0.15, 0.2) is 0 Å². The molecule has 2 aliphatic heterocycles. The van der Waals surface area contributed by atoms with Crippen molar-refractivity contribution >= 4 is 69.4 Å². The summed E-state index contributed by atoms with van der Waals surface area (Å²) >= 11 is 0. The zero-order valence-corrected chi connectivity index (χ0v) is 25.2. The average molecular weight is 569 g/mol. The number of fused-ring (bicyclic) bond motifs is 8. The van der Waals surface area contributed by atoms with Gasteiger partial charge in [0.1, 0.15) is 19.6 Å². The van der Waals surface area contributed by atoms with Gasteiger partial charge in [0.25, 0.3) is 0 Å². The number of hydrogen-bond donors (Lipinski definition) is 0. The van der Waals surface area contributed by atoms with E-state index < -0.39 is 8.07 Å². The quantitative estimate of drug-likeness (QED) is 0.210. The minimum atomic E-state index is -2.08. The summed E-state index contributed by atoms with van der Waals surface area (Å²) in [5, 5.41) is 5.53. The first-order chi connectivity index (χ1) is 21.1. The fraction of sp³-hybridized carbons (Fsp3) is 0.0526. The molecule has 1 aromatic heterocycles. The number of anilines is 2. The van der Waals surface area contributed by atoms with E-state index in [2.05, 4.69) is 162 Å². The molecule has 204 valence electrons. The summed E-state index contributed by atoms with van der Waals surface area (Å²) in [6, 6.07) is 50.7. The van der Waals surface area contributed by atoms with Crippen molar-refractivity contribution in [3.05, 3.63) is 140 Å². The van der Waals surface area contributed by atoms with E-state index in [9.17, 15) is 0 Å². The third kappa shape index (κ3) is 3.37. The van der Waals surface area contributed by atoms with Crippen molar-refractivity contribution in [2.24, 2.45) is 0 Å². The fourth-order valence-electron chi connectivity index (χ4n) is 7.56. The van der Waals surface area contributed by atoms with Gasteiger partial charge in [0, 0.05) is 27.8 Å². The molecule has 0 radical (unpaired) electrons. The Labute approximate surface area is 252 Å². The van der Waals surface area contributed by atoms with Gasteiger partial charge in [-0.25, -0.2) is 0 Å². The molecule has 43 heavy (non-hydrogen) atoms. The van der Waals surface area contributed by atoms with Crippen LogP contribution >= 0.6 is 0 Å². The highest BCUT2D eigenvalue weighted by molar-refractivity contribution is 7.04. The Kier molecular flexibility index (Phi) is 5.15. The summed E-state index contributed by atoms with van der Waals surface area (Å²) in [5.74, 6) is 1.84. The van der Waals surface area contributed by atoms with Crippen LogP contribution in [-0.4, -0.2) is 19.5 Å². The summed E-state index contributed by atoms with van der Waals surface area (Å²) in [4.78, 5) is 2.65. The van der Waals surface area contributed by atoms with Gasteiger partial charge in [-0.15, -0.1) is 0 Å². The number of para-hydroxylation sites is 5. The zero-order chi connectivity index (χ0) is 28.7. The lowest BCUT2D eigenvalue weighted by Crippen LogP contribution is -2.66. The molecule has 0 unspecified atom stereocenters. The van der Waals surface area contributed by atoms with Crippen molar-refractivity contribution in [3.63, 3.8) is 0 Å². The molecule has 0 amide bonds. The first kappa shape index (κ1) is 24.6. The summed E-state index contributed by atoms with van der Waals surface area (Å²) < 4.78 is 8.95. The Balaban J connectivity index is 1.46.